The van der Waals surface area contributed by atoms with Gasteiger partial charge in [-0.1, -0.05) is 28.5 Å². The maximum Gasteiger partial charge on any atom is 0.303 e. The SMILES string of the molecule is CSc1nc2nc(SC)[n+](C3C[C@H](O)[C@@H](CO)O3)c(N)c2[nH]1. The molecule has 0 bridgehead atoms. The Morgan fingerprint density at radius 1 is 1.41 bits per heavy atom. The van der Waals surface area contributed by atoms with Crippen molar-refractivity contribution in [3.8, 4) is 0 Å². The number of rotatable bonds is 4. The Hall–Kier alpha value is -1.07. The van der Waals surface area contributed by atoms with Crippen LogP contribution in [-0.2, 0) is 4.74 Å². The molecule has 2 aromatic heterocycles. The quantitative estimate of drug-likeness (QED) is 0.345. The Morgan fingerprint density at radius 2 is 2.18 bits per heavy atom. The highest BCUT2D eigenvalue weighted by Crippen LogP contribution is 2.29. The van der Waals surface area contributed by atoms with E-state index < -0.39 is 18.4 Å². The monoisotopic (exact) mass is 344 g/mol. The van der Waals surface area contributed by atoms with E-state index in [-0.39, 0.29) is 6.61 Å². The van der Waals surface area contributed by atoms with Crippen molar-refractivity contribution in [1.29, 1.82) is 0 Å². The standard InChI is InChI=1S/C12H17N5O3S2/c1-21-11-14-8-9(13)17(12(22-2)16-10(8)15-11)7-3-5(19)6(4-18)20-7/h5-7,18-19H,3-4H2,1-2H3,(H2,13,14,15)/p+1/t5-,6+,7?/m0/s1. The van der Waals surface area contributed by atoms with E-state index in [2.05, 4.69) is 15.0 Å². The largest absolute Gasteiger partial charge is 0.394 e. The zero-order valence-corrected chi connectivity index (χ0v) is 13.8. The van der Waals surface area contributed by atoms with Gasteiger partial charge in [-0.05, 0) is 12.5 Å². The van der Waals surface area contributed by atoms with Gasteiger partial charge in [-0.25, -0.2) is 0 Å². The van der Waals surface area contributed by atoms with Crippen LogP contribution in [0.3, 0.4) is 0 Å². The third kappa shape index (κ3) is 2.54. The van der Waals surface area contributed by atoms with Gasteiger partial charge in [-0.3, -0.25) is 0 Å². The Balaban J connectivity index is 2.10. The minimum atomic E-state index is -0.726. The highest BCUT2D eigenvalue weighted by molar-refractivity contribution is 7.98. The first-order chi connectivity index (χ1) is 10.6. The molecule has 0 radical (unpaired) electrons. The lowest BCUT2D eigenvalue weighted by molar-refractivity contribution is -0.781. The fourth-order valence-electron chi connectivity index (χ4n) is 2.53. The molecule has 1 fully saturated rings. The number of aromatic nitrogens is 4. The van der Waals surface area contributed by atoms with Gasteiger partial charge in [-0.2, -0.15) is 9.55 Å². The molecule has 2 aromatic rings. The molecule has 1 saturated heterocycles. The molecule has 1 unspecified atom stereocenters. The highest BCUT2D eigenvalue weighted by atomic mass is 32.2. The Labute approximate surface area is 135 Å². The number of nitrogens with two attached hydrogens (primary N) is 1. The van der Waals surface area contributed by atoms with Gasteiger partial charge in [0.05, 0.1) is 12.7 Å². The second-order valence-electron chi connectivity index (χ2n) is 4.91. The van der Waals surface area contributed by atoms with Gasteiger partial charge in [0.15, 0.2) is 16.9 Å². The molecule has 8 nitrogen and oxygen atoms in total. The third-order valence-corrected chi connectivity index (χ3v) is 4.87. The summed E-state index contributed by atoms with van der Waals surface area (Å²) >= 11 is 2.90. The Bertz CT molecular complexity index is 695. The van der Waals surface area contributed by atoms with E-state index in [0.29, 0.717) is 28.6 Å². The number of anilines is 1. The number of aromatic amines is 1. The fraction of sp³-hybridized carbons (Fsp3) is 0.583. The van der Waals surface area contributed by atoms with Gasteiger partial charge in [-0.15, -0.1) is 0 Å². The van der Waals surface area contributed by atoms with Crippen LogP contribution >= 0.6 is 23.5 Å². The predicted molar refractivity (Wildman–Crippen MR) is 83.7 cm³/mol. The second-order valence-corrected chi connectivity index (χ2v) is 6.48. The number of thioether (sulfide) groups is 2. The van der Waals surface area contributed by atoms with Gasteiger partial charge in [0.25, 0.3) is 11.5 Å². The molecule has 10 heteroatoms. The lowest BCUT2D eigenvalue weighted by Gasteiger charge is -2.14. The normalized spacial score (nSPS) is 25.2. The van der Waals surface area contributed by atoms with Crippen LogP contribution in [-0.4, -0.2) is 56.5 Å². The molecule has 5 N–H and O–H groups in total. The number of nitrogen functional groups attached to an aromatic ring is 1. The van der Waals surface area contributed by atoms with Crippen LogP contribution in [0.5, 0.6) is 0 Å². The van der Waals surface area contributed by atoms with E-state index in [1.165, 1.54) is 23.5 Å². The minimum absolute atomic E-state index is 0.233. The van der Waals surface area contributed by atoms with Crippen LogP contribution in [0, 0.1) is 0 Å². The number of ether oxygens (including phenoxy) is 1. The van der Waals surface area contributed by atoms with E-state index in [9.17, 15) is 10.2 Å². The first kappa shape index (κ1) is 15.8. The second kappa shape index (κ2) is 6.20. The number of nitrogens with zero attached hydrogens (tertiary/aromatic N) is 3. The third-order valence-electron chi connectivity index (χ3n) is 3.63. The molecule has 0 saturated carbocycles. The van der Waals surface area contributed by atoms with E-state index in [4.69, 9.17) is 10.5 Å². The summed E-state index contributed by atoms with van der Waals surface area (Å²) in [6, 6.07) is 0. The number of fused-ring (bicyclic) bond motifs is 1. The van der Waals surface area contributed by atoms with Crippen molar-refractivity contribution >= 4 is 40.5 Å². The summed E-state index contributed by atoms with van der Waals surface area (Å²) in [4.78, 5) is 12.0. The van der Waals surface area contributed by atoms with Gasteiger partial charge < -0.3 is 25.7 Å². The van der Waals surface area contributed by atoms with Crippen molar-refractivity contribution in [1.82, 2.24) is 15.0 Å². The van der Waals surface area contributed by atoms with Gasteiger partial charge in [0.2, 0.25) is 0 Å². The summed E-state index contributed by atoms with van der Waals surface area (Å²) in [6.45, 7) is -0.233. The van der Waals surface area contributed by atoms with E-state index in [0.717, 1.165) is 5.16 Å². The molecule has 0 amide bonds. The summed E-state index contributed by atoms with van der Waals surface area (Å²) in [6.07, 6.45) is 2.36. The number of H-pyrrole nitrogens is 1. The number of aliphatic hydroxyl groups excluding tert-OH is 2. The molecule has 22 heavy (non-hydrogen) atoms. The van der Waals surface area contributed by atoms with Crippen molar-refractivity contribution in [2.45, 2.75) is 35.2 Å². The molecule has 0 aromatic carbocycles. The number of hydrogen-bond donors (Lipinski definition) is 4. The van der Waals surface area contributed by atoms with Crippen molar-refractivity contribution in [2.24, 2.45) is 0 Å². The van der Waals surface area contributed by atoms with Crippen LogP contribution in [0.15, 0.2) is 10.3 Å². The van der Waals surface area contributed by atoms with Crippen LogP contribution < -0.4 is 10.3 Å². The zero-order chi connectivity index (χ0) is 15.9. The van der Waals surface area contributed by atoms with Gasteiger partial charge in [0.1, 0.15) is 6.10 Å². The number of hydrogen-bond acceptors (Lipinski definition) is 8. The maximum absolute atomic E-state index is 9.94. The molecule has 3 rings (SSSR count). The Kier molecular flexibility index (Phi) is 4.46. The molecule has 0 spiro atoms. The fourth-order valence-corrected chi connectivity index (χ4v) is 3.50. The van der Waals surface area contributed by atoms with E-state index >= 15 is 0 Å². The molecule has 120 valence electrons. The lowest BCUT2D eigenvalue weighted by atomic mass is 10.2. The van der Waals surface area contributed by atoms with Crippen LogP contribution in [0.2, 0.25) is 0 Å². The smallest absolute Gasteiger partial charge is 0.303 e. The topological polar surface area (TPSA) is 121 Å². The first-order valence-electron chi connectivity index (χ1n) is 6.72. The molecular weight excluding hydrogens is 326 g/mol. The summed E-state index contributed by atoms with van der Waals surface area (Å²) in [5.74, 6) is 0.456. The van der Waals surface area contributed by atoms with Gasteiger partial charge in [0, 0.05) is 6.42 Å². The molecular formula is C12H18N5O3S2+. The van der Waals surface area contributed by atoms with Gasteiger partial charge >= 0.3 is 5.16 Å². The predicted octanol–water partition coefficient (Wildman–Crippen LogP) is -0.0879. The Morgan fingerprint density at radius 3 is 2.77 bits per heavy atom. The molecule has 3 atom stereocenters. The van der Waals surface area contributed by atoms with E-state index in [1.54, 1.807) is 4.57 Å². The van der Waals surface area contributed by atoms with Crippen molar-refractivity contribution in [2.75, 3.05) is 24.9 Å². The van der Waals surface area contributed by atoms with Crippen molar-refractivity contribution < 1.29 is 19.5 Å². The number of nitrogens with one attached hydrogen (secondary N) is 1. The highest BCUT2D eigenvalue weighted by Gasteiger charge is 2.39. The average molecular weight is 344 g/mol. The average Bonchev–Trinajstić information content (AvgIpc) is 3.10. The van der Waals surface area contributed by atoms with Crippen molar-refractivity contribution in [3.05, 3.63) is 0 Å². The minimum Gasteiger partial charge on any atom is -0.394 e. The number of imidazole rings is 1. The zero-order valence-electron chi connectivity index (χ0n) is 12.2. The van der Waals surface area contributed by atoms with Crippen molar-refractivity contribution in [3.63, 3.8) is 0 Å². The molecule has 0 aliphatic carbocycles. The van der Waals surface area contributed by atoms with Crippen LogP contribution in [0.1, 0.15) is 12.6 Å². The summed E-state index contributed by atoms with van der Waals surface area (Å²) in [7, 11) is 0. The molecule has 3 heterocycles. The number of aliphatic hydroxyl groups is 2. The summed E-state index contributed by atoms with van der Waals surface area (Å²) in [5.41, 5.74) is 7.48. The molecule has 1 aliphatic rings. The summed E-state index contributed by atoms with van der Waals surface area (Å²) in [5, 5.41) is 20.6. The maximum atomic E-state index is 9.94. The van der Waals surface area contributed by atoms with Crippen LogP contribution in [0.4, 0.5) is 5.82 Å². The molecule has 1 aliphatic heterocycles. The first-order valence-corrected chi connectivity index (χ1v) is 9.17. The lowest BCUT2D eigenvalue weighted by Crippen LogP contribution is -2.45. The summed E-state index contributed by atoms with van der Waals surface area (Å²) < 4.78 is 7.45. The van der Waals surface area contributed by atoms with E-state index in [1.807, 2.05) is 12.5 Å². The van der Waals surface area contributed by atoms with Crippen LogP contribution in [0.25, 0.3) is 11.2 Å².